The van der Waals surface area contributed by atoms with Crippen molar-refractivity contribution >= 4 is 22.5 Å². The molecule has 4 aromatic heterocycles. The summed E-state index contributed by atoms with van der Waals surface area (Å²) >= 11 is 0. The molecular weight excluding hydrogens is 507 g/mol. The van der Waals surface area contributed by atoms with Crippen LogP contribution in [0.15, 0.2) is 30.7 Å². The summed E-state index contributed by atoms with van der Waals surface area (Å²) in [6.07, 6.45) is 4.30. The molecule has 2 aliphatic carbocycles. The molecule has 0 spiro atoms. The molecule has 2 saturated heterocycles. The van der Waals surface area contributed by atoms with Gasteiger partial charge in [0.2, 0.25) is 0 Å². The first kappa shape index (κ1) is 23.5. The first-order valence-electron chi connectivity index (χ1n) is 12.7. The lowest BCUT2D eigenvalue weighted by atomic mass is 9.68. The summed E-state index contributed by atoms with van der Waals surface area (Å²) in [4.78, 5) is 23.8. The van der Waals surface area contributed by atoms with Crippen LogP contribution in [0.1, 0.15) is 42.6 Å². The third-order valence-corrected chi connectivity index (χ3v) is 8.32. The van der Waals surface area contributed by atoms with Gasteiger partial charge in [0.15, 0.2) is 11.5 Å². The number of nitrogens with zero attached hydrogens (tertiary/aromatic N) is 6. The summed E-state index contributed by atoms with van der Waals surface area (Å²) in [5, 5.41) is 4.37. The van der Waals surface area contributed by atoms with Crippen LogP contribution in [0.2, 0.25) is 0 Å². The zero-order valence-electron chi connectivity index (χ0n) is 20.1. The maximum Gasteiger partial charge on any atom is 0.408 e. The summed E-state index contributed by atoms with van der Waals surface area (Å²) in [7, 11) is 0. The fraction of sp³-hybridized carbons (Fsp3) is 0.462. The highest BCUT2D eigenvalue weighted by Gasteiger charge is 2.44. The van der Waals surface area contributed by atoms with Crippen molar-refractivity contribution in [3.05, 3.63) is 48.1 Å². The van der Waals surface area contributed by atoms with Gasteiger partial charge in [-0.05, 0) is 55.9 Å². The van der Waals surface area contributed by atoms with Gasteiger partial charge in [-0.3, -0.25) is 18.9 Å². The van der Waals surface area contributed by atoms with Crippen LogP contribution in [-0.4, -0.2) is 53.7 Å². The normalized spacial score (nSPS) is 25.0. The van der Waals surface area contributed by atoms with Crippen molar-refractivity contribution < 1.29 is 26.7 Å². The predicted octanol–water partition coefficient (Wildman–Crippen LogP) is 5.24. The molecule has 2 atom stereocenters. The molecule has 4 aromatic rings. The van der Waals surface area contributed by atoms with Crippen molar-refractivity contribution in [2.45, 2.75) is 50.9 Å². The van der Waals surface area contributed by atoms with Gasteiger partial charge >= 0.3 is 6.18 Å². The first-order chi connectivity index (χ1) is 18.1. The maximum atomic E-state index is 14.2. The molecule has 4 bridgehead atoms. The number of amides is 1. The van der Waals surface area contributed by atoms with Crippen molar-refractivity contribution in [1.82, 2.24) is 29.0 Å². The molecule has 2 aliphatic heterocycles. The Labute approximate surface area is 213 Å². The standard InChI is InChI=1S/C26H23F5N6O/c27-16-6-19(28)24-33-9-22(36(24)11-16)23-18-8-32-20(7-21(18)37(34-23)12-26(29,30)31)25(38)35-10-15-2-13-1-14(3-15)5-17(35)4-13/h6-9,11,13-15,17H,1-5,10,12H2. The zero-order chi connectivity index (χ0) is 26.3. The van der Waals surface area contributed by atoms with Crippen molar-refractivity contribution in [2.24, 2.45) is 17.8 Å². The molecule has 7 nitrogen and oxygen atoms in total. The van der Waals surface area contributed by atoms with Crippen LogP contribution < -0.4 is 0 Å². The molecule has 0 N–H and O–H groups in total. The molecule has 2 unspecified atom stereocenters. The quantitative estimate of drug-likeness (QED) is 0.340. The molecule has 4 aliphatic rings. The minimum atomic E-state index is -4.59. The van der Waals surface area contributed by atoms with E-state index in [9.17, 15) is 26.7 Å². The van der Waals surface area contributed by atoms with Gasteiger partial charge < -0.3 is 4.90 Å². The highest BCUT2D eigenvalue weighted by Crippen LogP contribution is 2.47. The molecule has 198 valence electrons. The lowest BCUT2D eigenvalue weighted by Crippen LogP contribution is -2.42. The van der Waals surface area contributed by atoms with Gasteiger partial charge in [-0.2, -0.15) is 18.3 Å². The number of carbonyl (C=O) groups excluding carboxylic acids is 1. The van der Waals surface area contributed by atoms with Crippen molar-refractivity contribution in [3.8, 4) is 11.4 Å². The Bertz CT molecular complexity index is 1580. The molecular formula is C26H23F5N6O. The third-order valence-electron chi connectivity index (χ3n) is 8.32. The topological polar surface area (TPSA) is 68.3 Å². The highest BCUT2D eigenvalue weighted by molar-refractivity contribution is 5.99. The minimum absolute atomic E-state index is 0.0268. The number of imidazole rings is 1. The van der Waals surface area contributed by atoms with E-state index in [4.69, 9.17) is 0 Å². The largest absolute Gasteiger partial charge is 0.408 e. The van der Waals surface area contributed by atoms with Crippen molar-refractivity contribution in [3.63, 3.8) is 0 Å². The predicted molar refractivity (Wildman–Crippen MR) is 126 cm³/mol. The molecule has 4 fully saturated rings. The Kier molecular flexibility index (Phi) is 5.09. The first-order valence-corrected chi connectivity index (χ1v) is 12.7. The smallest absolute Gasteiger partial charge is 0.334 e. The summed E-state index contributed by atoms with van der Waals surface area (Å²) in [6.45, 7) is -0.763. The lowest BCUT2D eigenvalue weighted by molar-refractivity contribution is -0.141. The molecule has 38 heavy (non-hydrogen) atoms. The second-order valence-corrected chi connectivity index (χ2v) is 10.9. The SMILES string of the molecule is O=C(c1cc2c(cn1)c(-c1cnc3c(F)cc(F)cn13)nn2CC(F)(F)F)N1CC2CC3CC(C2)CC1C3. The minimum Gasteiger partial charge on any atom is -0.334 e. The van der Waals surface area contributed by atoms with Gasteiger partial charge in [-0.25, -0.2) is 13.8 Å². The van der Waals surface area contributed by atoms with E-state index in [1.54, 1.807) is 0 Å². The van der Waals surface area contributed by atoms with Crippen LogP contribution in [0.25, 0.3) is 27.9 Å². The summed E-state index contributed by atoms with van der Waals surface area (Å²) in [6, 6.07) is 2.14. The van der Waals surface area contributed by atoms with Gasteiger partial charge in [-0.1, -0.05) is 0 Å². The van der Waals surface area contributed by atoms with Gasteiger partial charge in [0, 0.05) is 36.4 Å². The van der Waals surface area contributed by atoms with E-state index in [2.05, 4.69) is 15.1 Å². The van der Waals surface area contributed by atoms with Gasteiger partial charge in [0.1, 0.15) is 23.7 Å². The Balaban J connectivity index is 1.33. The number of rotatable bonds is 3. The van der Waals surface area contributed by atoms with E-state index in [1.807, 2.05) is 4.90 Å². The van der Waals surface area contributed by atoms with E-state index >= 15 is 0 Å². The highest BCUT2D eigenvalue weighted by atomic mass is 19.4. The molecule has 6 heterocycles. The van der Waals surface area contributed by atoms with Crippen LogP contribution in [0.4, 0.5) is 22.0 Å². The van der Waals surface area contributed by atoms with E-state index < -0.39 is 24.4 Å². The number of carbonyl (C=O) groups is 1. The number of pyridine rings is 2. The van der Waals surface area contributed by atoms with Gasteiger partial charge in [0.05, 0.1) is 17.4 Å². The average Bonchev–Trinajstić information content (AvgIpc) is 3.34. The van der Waals surface area contributed by atoms with E-state index in [1.165, 1.54) is 24.9 Å². The molecule has 1 amide bonds. The Hall–Kier alpha value is -3.57. The van der Waals surface area contributed by atoms with Crippen LogP contribution in [0.5, 0.6) is 0 Å². The monoisotopic (exact) mass is 530 g/mol. The fourth-order valence-electron chi connectivity index (χ4n) is 7.04. The summed E-state index contributed by atoms with van der Waals surface area (Å²) in [5.74, 6) is -0.382. The summed E-state index contributed by atoms with van der Waals surface area (Å²) < 4.78 is 70.5. The Morgan fingerprint density at radius 1 is 0.974 bits per heavy atom. The van der Waals surface area contributed by atoms with E-state index in [0.717, 1.165) is 41.0 Å². The zero-order valence-corrected chi connectivity index (χ0v) is 20.1. The van der Waals surface area contributed by atoms with Crippen LogP contribution in [-0.2, 0) is 6.54 Å². The Morgan fingerprint density at radius 3 is 2.45 bits per heavy atom. The average molecular weight is 531 g/mol. The number of hydrogen-bond donors (Lipinski definition) is 0. The number of hydrogen-bond acceptors (Lipinski definition) is 4. The summed E-state index contributed by atoms with van der Waals surface area (Å²) in [5.41, 5.74) is 0.0571. The fourth-order valence-corrected chi connectivity index (χ4v) is 7.04. The second-order valence-electron chi connectivity index (χ2n) is 10.9. The van der Waals surface area contributed by atoms with Crippen LogP contribution in [0.3, 0.4) is 0 Å². The lowest BCUT2D eigenvalue weighted by Gasteiger charge is -2.38. The van der Waals surface area contributed by atoms with Crippen LogP contribution >= 0.6 is 0 Å². The number of aromatic nitrogens is 5. The number of alkyl halides is 3. The van der Waals surface area contributed by atoms with Gasteiger partial charge in [0.25, 0.3) is 5.91 Å². The van der Waals surface area contributed by atoms with Crippen molar-refractivity contribution in [2.75, 3.05) is 6.54 Å². The molecule has 0 radical (unpaired) electrons. The second kappa shape index (κ2) is 8.21. The Morgan fingerprint density at radius 2 is 1.71 bits per heavy atom. The van der Waals surface area contributed by atoms with Crippen molar-refractivity contribution in [1.29, 1.82) is 0 Å². The van der Waals surface area contributed by atoms with Gasteiger partial charge in [-0.15, -0.1) is 0 Å². The molecule has 8 rings (SSSR count). The third kappa shape index (κ3) is 3.83. The number of fused-ring (bicyclic) bond motifs is 3. The van der Waals surface area contributed by atoms with E-state index in [0.29, 0.717) is 30.4 Å². The maximum absolute atomic E-state index is 14.2. The molecule has 0 aromatic carbocycles. The number of halogens is 5. The van der Waals surface area contributed by atoms with E-state index in [-0.39, 0.29) is 45.6 Å². The molecule has 12 heteroatoms. The van der Waals surface area contributed by atoms with Crippen LogP contribution in [0, 0.1) is 29.4 Å². The molecule has 2 saturated carbocycles.